The maximum atomic E-state index is 6.20. The van der Waals surface area contributed by atoms with Gasteiger partial charge in [-0.3, -0.25) is 0 Å². The van der Waals surface area contributed by atoms with Crippen molar-refractivity contribution in [3.63, 3.8) is 0 Å². The Hall–Kier alpha value is -2.48. The van der Waals surface area contributed by atoms with Crippen molar-refractivity contribution in [3.05, 3.63) is 71.8 Å². The highest BCUT2D eigenvalue weighted by Gasteiger charge is 2.23. The van der Waals surface area contributed by atoms with Crippen LogP contribution in [0.5, 0.6) is 5.75 Å². The van der Waals surface area contributed by atoms with E-state index in [0.717, 1.165) is 18.0 Å². The molecule has 0 saturated heterocycles. The normalized spacial score (nSPS) is 12.2. The topological polar surface area (TPSA) is 21.3 Å². The van der Waals surface area contributed by atoms with E-state index in [-0.39, 0.29) is 10.8 Å². The number of hydrogen-bond acceptors (Lipinski definition) is 2. The molecule has 1 N–H and O–H groups in total. The Morgan fingerprint density at radius 1 is 0.786 bits per heavy atom. The van der Waals surface area contributed by atoms with Gasteiger partial charge in [-0.25, -0.2) is 0 Å². The predicted molar refractivity (Wildman–Crippen MR) is 122 cm³/mol. The summed E-state index contributed by atoms with van der Waals surface area (Å²) in [6.45, 7) is 14.9. The van der Waals surface area contributed by atoms with Crippen molar-refractivity contribution in [2.75, 3.05) is 18.5 Å². The Morgan fingerprint density at radius 3 is 2.21 bits per heavy atom. The number of hydrogen-bond donors (Lipinski definition) is 1. The standard InChI is InChI=1S/C26H33NO/c1-25(2,3)20-14-15-24(22(18-20)26(4,5)6)28-17-16-27-23-13-9-11-19-10-7-8-12-21(19)23/h7-15,18,27H,16-17H2,1-6H3. The van der Waals surface area contributed by atoms with Crippen LogP contribution in [0.3, 0.4) is 0 Å². The van der Waals surface area contributed by atoms with Gasteiger partial charge in [0.15, 0.2) is 0 Å². The van der Waals surface area contributed by atoms with Gasteiger partial charge in [0.25, 0.3) is 0 Å². The average molecular weight is 376 g/mol. The zero-order valence-corrected chi connectivity index (χ0v) is 18.1. The molecule has 3 rings (SSSR count). The van der Waals surface area contributed by atoms with Gasteiger partial charge in [0.2, 0.25) is 0 Å². The predicted octanol–water partition coefficient (Wildman–Crippen LogP) is 6.93. The van der Waals surface area contributed by atoms with E-state index in [9.17, 15) is 0 Å². The molecule has 0 spiro atoms. The number of nitrogens with one attached hydrogen (secondary N) is 1. The molecule has 0 amide bonds. The minimum absolute atomic E-state index is 0.0413. The molecule has 148 valence electrons. The van der Waals surface area contributed by atoms with Crippen molar-refractivity contribution < 1.29 is 4.74 Å². The van der Waals surface area contributed by atoms with Gasteiger partial charge in [0.1, 0.15) is 12.4 Å². The third-order valence-electron chi connectivity index (χ3n) is 5.12. The van der Waals surface area contributed by atoms with Crippen molar-refractivity contribution in [3.8, 4) is 5.75 Å². The first kappa shape index (κ1) is 20.3. The molecule has 0 aliphatic rings. The zero-order valence-electron chi connectivity index (χ0n) is 18.1. The van der Waals surface area contributed by atoms with Crippen LogP contribution in [-0.2, 0) is 10.8 Å². The van der Waals surface area contributed by atoms with E-state index in [1.807, 2.05) is 0 Å². The second-order valence-electron chi connectivity index (χ2n) is 9.51. The molecule has 0 aromatic heterocycles. The van der Waals surface area contributed by atoms with E-state index in [1.54, 1.807) is 0 Å². The lowest BCUT2D eigenvalue weighted by atomic mass is 9.80. The number of anilines is 1. The van der Waals surface area contributed by atoms with Gasteiger partial charge in [-0.1, -0.05) is 90.1 Å². The number of fused-ring (bicyclic) bond motifs is 1. The molecular formula is C26H33NO. The van der Waals surface area contributed by atoms with E-state index in [2.05, 4.69) is 108 Å². The van der Waals surface area contributed by atoms with E-state index >= 15 is 0 Å². The molecule has 28 heavy (non-hydrogen) atoms. The molecule has 0 bridgehead atoms. The van der Waals surface area contributed by atoms with Crippen LogP contribution in [0, 0.1) is 0 Å². The number of rotatable bonds is 5. The summed E-state index contributed by atoms with van der Waals surface area (Å²) in [6, 6.07) is 21.5. The van der Waals surface area contributed by atoms with Gasteiger partial charge in [-0.15, -0.1) is 0 Å². The second-order valence-corrected chi connectivity index (χ2v) is 9.51. The highest BCUT2D eigenvalue weighted by atomic mass is 16.5. The van der Waals surface area contributed by atoms with Crippen LogP contribution in [-0.4, -0.2) is 13.2 Å². The van der Waals surface area contributed by atoms with Crippen LogP contribution >= 0.6 is 0 Å². The fraction of sp³-hybridized carbons (Fsp3) is 0.385. The summed E-state index contributed by atoms with van der Waals surface area (Å²) in [6.07, 6.45) is 0. The minimum Gasteiger partial charge on any atom is -0.491 e. The van der Waals surface area contributed by atoms with E-state index in [0.29, 0.717) is 6.61 Å². The highest BCUT2D eigenvalue weighted by molar-refractivity contribution is 5.93. The Bertz CT molecular complexity index is 939. The fourth-order valence-electron chi connectivity index (χ4n) is 3.43. The van der Waals surface area contributed by atoms with Gasteiger partial charge >= 0.3 is 0 Å². The van der Waals surface area contributed by atoms with Crippen molar-refractivity contribution >= 4 is 16.5 Å². The molecule has 0 fully saturated rings. The van der Waals surface area contributed by atoms with Crippen molar-refractivity contribution in [1.29, 1.82) is 0 Å². The molecular weight excluding hydrogens is 342 g/mol. The number of benzene rings is 3. The molecule has 0 radical (unpaired) electrons. The van der Waals surface area contributed by atoms with E-state index < -0.39 is 0 Å². The fourth-order valence-corrected chi connectivity index (χ4v) is 3.43. The summed E-state index contributed by atoms with van der Waals surface area (Å²) in [5.74, 6) is 0.986. The Morgan fingerprint density at radius 2 is 1.50 bits per heavy atom. The lowest BCUT2D eigenvalue weighted by molar-refractivity contribution is 0.322. The summed E-state index contributed by atoms with van der Waals surface area (Å²) >= 11 is 0. The highest BCUT2D eigenvalue weighted by Crippen LogP contribution is 2.35. The van der Waals surface area contributed by atoms with Crippen LogP contribution < -0.4 is 10.1 Å². The zero-order chi connectivity index (χ0) is 20.4. The summed E-state index contributed by atoms with van der Waals surface area (Å²) in [5.41, 5.74) is 3.94. The average Bonchev–Trinajstić information content (AvgIpc) is 2.63. The van der Waals surface area contributed by atoms with Crippen LogP contribution in [0.25, 0.3) is 10.8 Å². The largest absolute Gasteiger partial charge is 0.491 e. The first-order valence-electron chi connectivity index (χ1n) is 10.2. The molecule has 0 aliphatic heterocycles. The molecule has 0 atom stereocenters. The summed E-state index contributed by atoms with van der Waals surface area (Å²) in [7, 11) is 0. The van der Waals surface area contributed by atoms with E-state index in [4.69, 9.17) is 4.74 Å². The molecule has 0 aliphatic carbocycles. The Balaban J connectivity index is 1.70. The lowest BCUT2D eigenvalue weighted by Crippen LogP contribution is -2.19. The second kappa shape index (κ2) is 7.87. The Kier molecular flexibility index (Phi) is 5.69. The summed E-state index contributed by atoms with van der Waals surface area (Å²) < 4.78 is 6.20. The van der Waals surface area contributed by atoms with Gasteiger partial charge in [-0.05, 0) is 39.5 Å². The smallest absolute Gasteiger partial charge is 0.123 e. The molecule has 0 saturated carbocycles. The number of ether oxygens (including phenoxy) is 1. The molecule has 3 aromatic carbocycles. The monoisotopic (exact) mass is 375 g/mol. The van der Waals surface area contributed by atoms with Gasteiger partial charge in [0.05, 0.1) is 0 Å². The first-order valence-corrected chi connectivity index (χ1v) is 10.2. The third kappa shape index (κ3) is 4.67. The van der Waals surface area contributed by atoms with Gasteiger partial charge in [0, 0.05) is 17.6 Å². The molecule has 2 nitrogen and oxygen atoms in total. The molecule has 0 heterocycles. The van der Waals surface area contributed by atoms with Crippen LogP contribution in [0.1, 0.15) is 52.7 Å². The minimum atomic E-state index is 0.0413. The van der Waals surface area contributed by atoms with Gasteiger partial charge in [-0.2, -0.15) is 0 Å². The van der Waals surface area contributed by atoms with Gasteiger partial charge < -0.3 is 10.1 Å². The van der Waals surface area contributed by atoms with Crippen molar-refractivity contribution in [2.45, 2.75) is 52.4 Å². The van der Waals surface area contributed by atoms with Crippen molar-refractivity contribution in [1.82, 2.24) is 0 Å². The van der Waals surface area contributed by atoms with Crippen LogP contribution in [0.4, 0.5) is 5.69 Å². The van der Waals surface area contributed by atoms with Crippen LogP contribution in [0.15, 0.2) is 60.7 Å². The maximum Gasteiger partial charge on any atom is 0.123 e. The Labute approximate surface area is 169 Å². The third-order valence-corrected chi connectivity index (χ3v) is 5.12. The quantitative estimate of drug-likeness (QED) is 0.488. The summed E-state index contributed by atoms with van der Waals surface area (Å²) in [4.78, 5) is 0. The maximum absolute atomic E-state index is 6.20. The SMILES string of the molecule is CC(C)(C)c1ccc(OCCNc2cccc3ccccc23)c(C(C)(C)C)c1. The molecule has 0 unspecified atom stereocenters. The molecule has 2 heteroatoms. The lowest BCUT2D eigenvalue weighted by Gasteiger charge is -2.27. The van der Waals surface area contributed by atoms with E-state index in [1.165, 1.54) is 21.9 Å². The summed E-state index contributed by atoms with van der Waals surface area (Å²) in [5, 5.41) is 6.02. The first-order chi connectivity index (χ1) is 13.2. The van der Waals surface area contributed by atoms with Crippen molar-refractivity contribution in [2.24, 2.45) is 0 Å². The molecule has 3 aromatic rings. The van der Waals surface area contributed by atoms with Crippen LogP contribution in [0.2, 0.25) is 0 Å².